The molecule has 2 heterocycles. The molecule has 1 aromatic heterocycles. The molecule has 0 bridgehead atoms. The molecule has 1 saturated heterocycles. The number of para-hydroxylation sites is 1. The number of likely N-dealkylation sites (tertiary alicyclic amines) is 1. The van der Waals surface area contributed by atoms with E-state index in [-0.39, 0.29) is 11.8 Å². The van der Waals surface area contributed by atoms with E-state index >= 15 is 0 Å². The minimum atomic E-state index is -0.563. The van der Waals surface area contributed by atoms with E-state index in [4.69, 9.17) is 4.74 Å². The van der Waals surface area contributed by atoms with Gasteiger partial charge in [0.05, 0.1) is 11.4 Å². The van der Waals surface area contributed by atoms with Crippen LogP contribution in [0.15, 0.2) is 30.5 Å². The van der Waals surface area contributed by atoms with Crippen LogP contribution in [0.25, 0.3) is 10.9 Å². The molecule has 0 radical (unpaired) electrons. The molecule has 5 heteroatoms. The van der Waals surface area contributed by atoms with E-state index < -0.39 is 11.7 Å². The molecule has 23 heavy (non-hydrogen) atoms. The third-order valence-electron chi connectivity index (χ3n) is 4.14. The Hall–Kier alpha value is -2.30. The van der Waals surface area contributed by atoms with Crippen LogP contribution in [0, 0.1) is 0 Å². The van der Waals surface area contributed by atoms with Gasteiger partial charge in [-0.3, -0.25) is 9.36 Å². The highest BCUT2D eigenvalue weighted by molar-refractivity contribution is 5.97. The molecule has 1 aliphatic rings. The highest BCUT2D eigenvalue weighted by Gasteiger charge is 2.33. The molecule has 1 unspecified atom stereocenters. The number of carbonyl (C=O) groups is 2. The first-order valence-corrected chi connectivity index (χ1v) is 7.86. The highest BCUT2D eigenvalue weighted by atomic mass is 16.6. The number of hydrogen-bond donors (Lipinski definition) is 0. The number of likely N-dealkylation sites (N-methyl/N-ethyl adjacent to an activating group) is 1. The van der Waals surface area contributed by atoms with E-state index in [0.29, 0.717) is 0 Å². The minimum absolute atomic E-state index is 0.108. The van der Waals surface area contributed by atoms with Crippen LogP contribution in [0.5, 0.6) is 0 Å². The molecule has 0 aliphatic carbocycles. The van der Waals surface area contributed by atoms with Gasteiger partial charge in [0, 0.05) is 25.2 Å². The van der Waals surface area contributed by atoms with Crippen molar-refractivity contribution in [3.05, 3.63) is 36.0 Å². The lowest BCUT2D eigenvalue weighted by Crippen LogP contribution is -2.26. The molecular formula is C18H22N2O3. The van der Waals surface area contributed by atoms with E-state index in [1.54, 1.807) is 11.1 Å². The van der Waals surface area contributed by atoms with Gasteiger partial charge in [-0.25, -0.2) is 4.79 Å². The quantitative estimate of drug-likeness (QED) is 0.811. The summed E-state index contributed by atoms with van der Waals surface area (Å²) >= 11 is 0. The maximum absolute atomic E-state index is 12.5. The number of carbonyl (C=O) groups excluding carboxylic acids is 2. The van der Waals surface area contributed by atoms with Gasteiger partial charge in [0.2, 0.25) is 5.91 Å². The van der Waals surface area contributed by atoms with Gasteiger partial charge in [-0.2, -0.15) is 0 Å². The lowest BCUT2D eigenvalue weighted by atomic mass is 9.97. The van der Waals surface area contributed by atoms with Gasteiger partial charge in [0.15, 0.2) is 0 Å². The first-order chi connectivity index (χ1) is 10.8. The molecule has 3 rings (SSSR count). The summed E-state index contributed by atoms with van der Waals surface area (Å²) in [5, 5.41) is 0.937. The van der Waals surface area contributed by atoms with Crippen LogP contribution in [-0.2, 0) is 9.53 Å². The Morgan fingerprint density at radius 1 is 1.26 bits per heavy atom. The molecule has 0 spiro atoms. The fourth-order valence-electron chi connectivity index (χ4n) is 3.06. The summed E-state index contributed by atoms with van der Waals surface area (Å²) in [7, 11) is 1.81. The molecule has 1 aromatic carbocycles. The Labute approximate surface area is 135 Å². The molecular weight excluding hydrogens is 292 g/mol. The molecule has 1 fully saturated rings. The van der Waals surface area contributed by atoms with Crippen LogP contribution in [0.2, 0.25) is 0 Å². The second-order valence-electron chi connectivity index (χ2n) is 7.05. The van der Waals surface area contributed by atoms with Crippen molar-refractivity contribution in [1.82, 2.24) is 9.47 Å². The number of hydrogen-bond acceptors (Lipinski definition) is 3. The van der Waals surface area contributed by atoms with Crippen molar-refractivity contribution in [2.45, 2.75) is 38.7 Å². The van der Waals surface area contributed by atoms with Crippen LogP contribution >= 0.6 is 0 Å². The lowest BCUT2D eigenvalue weighted by molar-refractivity contribution is -0.127. The van der Waals surface area contributed by atoms with Gasteiger partial charge >= 0.3 is 6.09 Å². The zero-order chi connectivity index (χ0) is 16.8. The average molecular weight is 314 g/mol. The third kappa shape index (κ3) is 2.83. The summed E-state index contributed by atoms with van der Waals surface area (Å²) in [4.78, 5) is 26.6. The van der Waals surface area contributed by atoms with Gasteiger partial charge in [-0.15, -0.1) is 0 Å². The number of nitrogens with zero attached hydrogens (tertiary/aromatic N) is 2. The van der Waals surface area contributed by atoms with E-state index in [2.05, 4.69) is 0 Å². The van der Waals surface area contributed by atoms with Crippen molar-refractivity contribution in [2.24, 2.45) is 0 Å². The summed E-state index contributed by atoms with van der Waals surface area (Å²) in [6, 6.07) is 7.65. The summed E-state index contributed by atoms with van der Waals surface area (Å²) < 4.78 is 7.00. The van der Waals surface area contributed by atoms with E-state index in [0.717, 1.165) is 29.4 Å². The summed E-state index contributed by atoms with van der Waals surface area (Å²) in [5.74, 6) is -0.0781. The molecule has 0 saturated carbocycles. The van der Waals surface area contributed by atoms with Gasteiger partial charge in [-0.1, -0.05) is 18.2 Å². The van der Waals surface area contributed by atoms with Gasteiger partial charge in [0.25, 0.3) is 0 Å². The normalized spacial score (nSPS) is 18.7. The molecule has 0 N–H and O–H groups in total. The molecule has 1 aliphatic heterocycles. The number of amides is 1. The smallest absolute Gasteiger partial charge is 0.419 e. The average Bonchev–Trinajstić information content (AvgIpc) is 2.99. The molecule has 1 amide bonds. The third-order valence-corrected chi connectivity index (χ3v) is 4.14. The zero-order valence-electron chi connectivity index (χ0n) is 14.0. The second-order valence-corrected chi connectivity index (χ2v) is 7.05. The van der Waals surface area contributed by atoms with Crippen molar-refractivity contribution < 1.29 is 14.3 Å². The van der Waals surface area contributed by atoms with E-state index in [1.807, 2.05) is 52.1 Å². The Bertz CT molecular complexity index is 770. The number of rotatable bonds is 1. The van der Waals surface area contributed by atoms with Crippen LogP contribution in [0.1, 0.15) is 38.7 Å². The molecule has 2 aromatic rings. The Balaban J connectivity index is 2.07. The predicted molar refractivity (Wildman–Crippen MR) is 88.6 cm³/mol. The fraction of sp³-hybridized carbons (Fsp3) is 0.444. The lowest BCUT2D eigenvalue weighted by Gasteiger charge is -2.19. The fourth-order valence-corrected chi connectivity index (χ4v) is 3.06. The van der Waals surface area contributed by atoms with E-state index in [9.17, 15) is 9.59 Å². The van der Waals surface area contributed by atoms with Gasteiger partial charge < -0.3 is 9.64 Å². The SMILES string of the molecule is CN1CCC(c2cn(C(=O)OC(C)(C)C)c3ccccc23)C1=O. The van der Waals surface area contributed by atoms with Gasteiger partial charge in [-0.05, 0) is 38.8 Å². The zero-order valence-corrected chi connectivity index (χ0v) is 14.0. The first kappa shape index (κ1) is 15.6. The van der Waals surface area contributed by atoms with E-state index in [1.165, 1.54) is 4.57 Å². The number of benzene rings is 1. The maximum atomic E-state index is 12.5. The molecule has 122 valence electrons. The highest BCUT2D eigenvalue weighted by Crippen LogP contribution is 2.34. The van der Waals surface area contributed by atoms with Gasteiger partial charge in [0.1, 0.15) is 5.60 Å². The largest absolute Gasteiger partial charge is 0.443 e. The summed E-state index contributed by atoms with van der Waals surface area (Å²) in [6.45, 7) is 6.27. The monoisotopic (exact) mass is 314 g/mol. The standard InChI is InChI=1S/C18H22N2O3/c1-18(2,3)23-17(22)20-11-14(12-7-5-6-8-15(12)20)13-9-10-19(4)16(13)21/h5-8,11,13H,9-10H2,1-4H3. The van der Waals surface area contributed by atoms with Crippen LogP contribution in [-0.4, -0.2) is 40.7 Å². The Kier molecular flexibility index (Phi) is 3.66. The molecule has 5 nitrogen and oxygen atoms in total. The van der Waals surface area contributed by atoms with Crippen molar-refractivity contribution in [3.63, 3.8) is 0 Å². The van der Waals surface area contributed by atoms with Crippen LogP contribution in [0.3, 0.4) is 0 Å². The summed E-state index contributed by atoms with van der Waals surface area (Å²) in [6.07, 6.45) is 2.12. The van der Waals surface area contributed by atoms with Crippen molar-refractivity contribution in [1.29, 1.82) is 0 Å². The Morgan fingerprint density at radius 3 is 2.57 bits per heavy atom. The molecule has 1 atom stereocenters. The first-order valence-electron chi connectivity index (χ1n) is 7.86. The predicted octanol–water partition coefficient (Wildman–Crippen LogP) is 3.37. The minimum Gasteiger partial charge on any atom is -0.443 e. The summed E-state index contributed by atoms with van der Waals surface area (Å²) in [5.41, 5.74) is 1.12. The second kappa shape index (κ2) is 5.41. The number of ether oxygens (including phenoxy) is 1. The van der Waals surface area contributed by atoms with Crippen LogP contribution in [0.4, 0.5) is 4.79 Å². The van der Waals surface area contributed by atoms with Crippen molar-refractivity contribution in [2.75, 3.05) is 13.6 Å². The topological polar surface area (TPSA) is 51.5 Å². The maximum Gasteiger partial charge on any atom is 0.419 e. The van der Waals surface area contributed by atoms with Crippen molar-refractivity contribution >= 4 is 22.9 Å². The Morgan fingerprint density at radius 2 is 1.96 bits per heavy atom. The van der Waals surface area contributed by atoms with Crippen molar-refractivity contribution in [3.8, 4) is 0 Å². The number of fused-ring (bicyclic) bond motifs is 1. The van der Waals surface area contributed by atoms with Crippen LogP contribution < -0.4 is 0 Å². The number of aromatic nitrogens is 1.